The highest BCUT2D eigenvalue weighted by Crippen LogP contribution is 2.08. The van der Waals surface area contributed by atoms with Gasteiger partial charge < -0.3 is 5.32 Å². The molecule has 1 heterocycles. The number of carbonyl (C=O) groups is 1. The number of nitrogens with zero attached hydrogens (tertiary/aromatic N) is 1. The van der Waals surface area contributed by atoms with E-state index < -0.39 is 0 Å². The molecule has 15 heavy (non-hydrogen) atoms. The van der Waals surface area contributed by atoms with Gasteiger partial charge in [0.15, 0.2) is 0 Å². The smallest absolute Gasteiger partial charge is 0.234 e. The van der Waals surface area contributed by atoms with Gasteiger partial charge in [-0.15, -0.1) is 0 Å². The van der Waals surface area contributed by atoms with Crippen molar-refractivity contribution in [2.45, 2.75) is 39.5 Å². The molecule has 0 radical (unpaired) electrons. The Morgan fingerprint density at radius 1 is 1.20 bits per heavy atom. The third-order valence-corrected chi connectivity index (χ3v) is 2.77. The lowest BCUT2D eigenvalue weighted by Crippen LogP contribution is -2.38. The third-order valence-electron chi connectivity index (χ3n) is 2.77. The fourth-order valence-corrected chi connectivity index (χ4v) is 1.87. The predicted molar refractivity (Wildman–Crippen MR) is 62.8 cm³/mol. The summed E-state index contributed by atoms with van der Waals surface area (Å²) < 4.78 is 0. The monoisotopic (exact) mass is 212 g/mol. The van der Waals surface area contributed by atoms with Crippen LogP contribution < -0.4 is 5.32 Å². The van der Waals surface area contributed by atoms with E-state index in [0.29, 0.717) is 12.5 Å². The Morgan fingerprint density at radius 3 is 2.33 bits per heavy atom. The molecule has 0 aliphatic carbocycles. The lowest BCUT2D eigenvalue weighted by molar-refractivity contribution is -0.122. The third kappa shape index (κ3) is 5.78. The average Bonchev–Trinajstić information content (AvgIpc) is 2.43. The van der Waals surface area contributed by atoms with Crippen LogP contribution in [0.25, 0.3) is 0 Å². The molecule has 0 spiro atoms. The van der Waals surface area contributed by atoms with E-state index in [4.69, 9.17) is 0 Å². The quantitative estimate of drug-likeness (QED) is 0.768. The summed E-state index contributed by atoms with van der Waals surface area (Å²) in [7, 11) is 0. The molecule has 88 valence electrons. The molecule has 0 bridgehead atoms. The first-order valence-electron chi connectivity index (χ1n) is 6.17. The minimum Gasteiger partial charge on any atom is -0.355 e. The van der Waals surface area contributed by atoms with E-state index in [-0.39, 0.29) is 5.91 Å². The molecule has 1 amide bonds. The summed E-state index contributed by atoms with van der Waals surface area (Å²) in [4.78, 5) is 13.9. The van der Waals surface area contributed by atoms with E-state index in [0.717, 1.165) is 19.6 Å². The van der Waals surface area contributed by atoms with Gasteiger partial charge in [-0.25, -0.2) is 0 Å². The first-order chi connectivity index (χ1) is 7.18. The summed E-state index contributed by atoms with van der Waals surface area (Å²) in [6.45, 7) is 7.81. The van der Waals surface area contributed by atoms with Gasteiger partial charge in [-0.05, 0) is 31.8 Å². The van der Waals surface area contributed by atoms with E-state index in [2.05, 4.69) is 24.1 Å². The average molecular weight is 212 g/mol. The highest BCUT2D eigenvalue weighted by atomic mass is 16.2. The van der Waals surface area contributed by atoms with Gasteiger partial charge >= 0.3 is 0 Å². The number of amides is 1. The number of likely N-dealkylation sites (tertiary alicyclic amines) is 1. The normalized spacial score (nSPS) is 18.9. The number of carbonyl (C=O) groups excluding carboxylic acids is 1. The van der Waals surface area contributed by atoms with Crippen molar-refractivity contribution in [3.8, 4) is 0 Å². The predicted octanol–water partition coefficient (Wildman–Crippen LogP) is 1.63. The van der Waals surface area contributed by atoms with Crippen LogP contribution >= 0.6 is 0 Å². The van der Waals surface area contributed by atoms with Crippen molar-refractivity contribution < 1.29 is 4.79 Å². The van der Waals surface area contributed by atoms with Crippen molar-refractivity contribution in [2.75, 3.05) is 26.2 Å². The van der Waals surface area contributed by atoms with Gasteiger partial charge in [0.25, 0.3) is 0 Å². The van der Waals surface area contributed by atoms with Gasteiger partial charge in [-0.1, -0.05) is 26.7 Å². The van der Waals surface area contributed by atoms with Crippen molar-refractivity contribution in [1.82, 2.24) is 10.2 Å². The Hall–Kier alpha value is -0.570. The number of rotatable bonds is 4. The summed E-state index contributed by atoms with van der Waals surface area (Å²) in [5, 5.41) is 2.97. The van der Waals surface area contributed by atoms with Gasteiger partial charge in [0, 0.05) is 6.54 Å². The molecule has 1 aliphatic heterocycles. The molecule has 1 aliphatic rings. The molecule has 1 saturated heterocycles. The SMILES string of the molecule is CC(C)CNC(=O)CN1CCCCCC1. The zero-order chi connectivity index (χ0) is 11.1. The molecule has 1 fully saturated rings. The van der Waals surface area contributed by atoms with Crippen LogP contribution in [-0.4, -0.2) is 37.0 Å². The molecule has 1 rings (SSSR count). The molecular weight excluding hydrogens is 188 g/mol. The summed E-state index contributed by atoms with van der Waals surface area (Å²) in [5.74, 6) is 0.726. The lowest BCUT2D eigenvalue weighted by atomic mass is 10.2. The highest BCUT2D eigenvalue weighted by molar-refractivity contribution is 5.77. The van der Waals surface area contributed by atoms with Gasteiger partial charge in [0.1, 0.15) is 0 Å². The van der Waals surface area contributed by atoms with Crippen LogP contribution in [0.2, 0.25) is 0 Å². The lowest BCUT2D eigenvalue weighted by Gasteiger charge is -2.19. The molecular formula is C12H24N2O. The minimum atomic E-state index is 0.186. The van der Waals surface area contributed by atoms with Crippen molar-refractivity contribution in [1.29, 1.82) is 0 Å². The largest absolute Gasteiger partial charge is 0.355 e. The Labute approximate surface area is 93.2 Å². The van der Waals surface area contributed by atoms with Crippen LogP contribution in [-0.2, 0) is 4.79 Å². The fraction of sp³-hybridized carbons (Fsp3) is 0.917. The van der Waals surface area contributed by atoms with Crippen molar-refractivity contribution in [2.24, 2.45) is 5.92 Å². The Bertz CT molecular complexity index is 184. The zero-order valence-corrected chi connectivity index (χ0v) is 10.1. The van der Waals surface area contributed by atoms with Gasteiger partial charge in [-0.2, -0.15) is 0 Å². The van der Waals surface area contributed by atoms with Crippen LogP contribution in [0.1, 0.15) is 39.5 Å². The van der Waals surface area contributed by atoms with Crippen LogP contribution in [0.4, 0.5) is 0 Å². The number of hydrogen-bond donors (Lipinski definition) is 1. The standard InChI is InChI=1S/C12H24N2O/c1-11(2)9-13-12(15)10-14-7-5-3-4-6-8-14/h11H,3-10H2,1-2H3,(H,13,15). The van der Waals surface area contributed by atoms with E-state index in [9.17, 15) is 4.79 Å². The van der Waals surface area contributed by atoms with Crippen LogP contribution in [0.15, 0.2) is 0 Å². The molecule has 0 aromatic carbocycles. The first kappa shape index (κ1) is 12.5. The summed E-state index contributed by atoms with van der Waals surface area (Å²) >= 11 is 0. The second-order valence-electron chi connectivity index (χ2n) is 4.89. The second kappa shape index (κ2) is 6.83. The van der Waals surface area contributed by atoms with Crippen LogP contribution in [0.5, 0.6) is 0 Å². The van der Waals surface area contributed by atoms with E-state index >= 15 is 0 Å². The number of nitrogens with one attached hydrogen (secondary N) is 1. The van der Waals surface area contributed by atoms with Gasteiger partial charge in [0.05, 0.1) is 6.54 Å². The molecule has 3 nitrogen and oxygen atoms in total. The van der Waals surface area contributed by atoms with E-state index in [1.165, 1.54) is 25.7 Å². The fourth-order valence-electron chi connectivity index (χ4n) is 1.87. The maximum absolute atomic E-state index is 11.6. The highest BCUT2D eigenvalue weighted by Gasteiger charge is 2.12. The zero-order valence-electron chi connectivity index (χ0n) is 10.1. The Kier molecular flexibility index (Phi) is 5.69. The number of hydrogen-bond acceptors (Lipinski definition) is 2. The molecule has 1 N–H and O–H groups in total. The molecule has 0 atom stereocenters. The molecule has 3 heteroatoms. The first-order valence-corrected chi connectivity index (χ1v) is 6.17. The van der Waals surface area contributed by atoms with Crippen LogP contribution in [0.3, 0.4) is 0 Å². The van der Waals surface area contributed by atoms with Crippen molar-refractivity contribution >= 4 is 5.91 Å². The summed E-state index contributed by atoms with van der Waals surface area (Å²) in [6.07, 6.45) is 5.14. The second-order valence-corrected chi connectivity index (χ2v) is 4.89. The van der Waals surface area contributed by atoms with Crippen molar-refractivity contribution in [3.63, 3.8) is 0 Å². The molecule has 0 aromatic heterocycles. The Balaban J connectivity index is 2.17. The Morgan fingerprint density at radius 2 is 1.80 bits per heavy atom. The maximum Gasteiger partial charge on any atom is 0.234 e. The summed E-state index contributed by atoms with van der Waals surface area (Å²) in [5.41, 5.74) is 0. The van der Waals surface area contributed by atoms with Gasteiger partial charge in [0.2, 0.25) is 5.91 Å². The maximum atomic E-state index is 11.6. The van der Waals surface area contributed by atoms with E-state index in [1.54, 1.807) is 0 Å². The summed E-state index contributed by atoms with van der Waals surface area (Å²) in [6, 6.07) is 0. The van der Waals surface area contributed by atoms with Crippen LogP contribution in [0, 0.1) is 5.92 Å². The minimum absolute atomic E-state index is 0.186. The molecule has 0 saturated carbocycles. The topological polar surface area (TPSA) is 32.3 Å². The van der Waals surface area contributed by atoms with Gasteiger partial charge in [-0.3, -0.25) is 9.69 Å². The molecule has 0 aromatic rings. The molecule has 0 unspecified atom stereocenters. The van der Waals surface area contributed by atoms with E-state index in [1.807, 2.05) is 0 Å². The van der Waals surface area contributed by atoms with Crippen molar-refractivity contribution in [3.05, 3.63) is 0 Å².